The van der Waals surface area contributed by atoms with Crippen molar-refractivity contribution in [1.29, 1.82) is 0 Å². The van der Waals surface area contributed by atoms with E-state index in [0.717, 1.165) is 43.7 Å². The summed E-state index contributed by atoms with van der Waals surface area (Å²) < 4.78 is 5.62. The number of hydrogen-bond donors (Lipinski definition) is 0. The largest absolute Gasteiger partial charge is 0.377 e. The minimum absolute atomic E-state index is 0.0965. The zero-order valence-electron chi connectivity index (χ0n) is 11.2. The van der Waals surface area contributed by atoms with E-state index >= 15 is 0 Å². The number of piperidine rings is 1. The van der Waals surface area contributed by atoms with Gasteiger partial charge in [-0.15, -0.1) is 0 Å². The molecule has 18 heavy (non-hydrogen) atoms. The smallest absolute Gasteiger partial charge is 0.137 e. The highest BCUT2D eigenvalue weighted by molar-refractivity contribution is 6.30. The first-order valence-electron chi connectivity index (χ1n) is 6.39. The van der Waals surface area contributed by atoms with Crippen molar-refractivity contribution in [3.8, 4) is 0 Å². The Bertz CT molecular complexity index is 427. The molecular weight excluding hydrogens is 250 g/mol. The van der Waals surface area contributed by atoms with Crippen molar-refractivity contribution < 1.29 is 4.74 Å². The van der Waals surface area contributed by atoms with Gasteiger partial charge in [-0.2, -0.15) is 0 Å². The predicted octanol–water partition coefficient (Wildman–Crippen LogP) is 2.70. The van der Waals surface area contributed by atoms with E-state index in [1.807, 2.05) is 0 Å². The number of nitrogens with zero attached hydrogens (tertiary/aromatic N) is 3. The number of methoxy groups -OCH3 is 1. The van der Waals surface area contributed by atoms with Gasteiger partial charge in [-0.05, 0) is 26.2 Å². The molecule has 2 heterocycles. The summed E-state index contributed by atoms with van der Waals surface area (Å²) in [6, 6.07) is 0. The zero-order valence-corrected chi connectivity index (χ0v) is 12.0. The molecule has 0 bridgehead atoms. The van der Waals surface area contributed by atoms with E-state index in [9.17, 15) is 0 Å². The van der Waals surface area contributed by atoms with Crippen LogP contribution in [0.15, 0.2) is 6.33 Å². The number of rotatable bonds is 3. The van der Waals surface area contributed by atoms with Crippen LogP contribution < -0.4 is 4.90 Å². The summed E-state index contributed by atoms with van der Waals surface area (Å²) in [5, 5.41) is 0.562. The summed E-state index contributed by atoms with van der Waals surface area (Å²) in [6.45, 7) is 6.07. The highest BCUT2D eigenvalue weighted by Crippen LogP contribution is 2.30. The normalized spacial score (nSPS) is 24.3. The first-order chi connectivity index (χ1) is 8.59. The van der Waals surface area contributed by atoms with Crippen molar-refractivity contribution >= 4 is 17.4 Å². The minimum Gasteiger partial charge on any atom is -0.377 e. The molecule has 0 radical (unpaired) electrons. The molecule has 4 nitrogen and oxygen atoms in total. The first-order valence-corrected chi connectivity index (χ1v) is 6.77. The van der Waals surface area contributed by atoms with E-state index in [1.165, 1.54) is 6.33 Å². The van der Waals surface area contributed by atoms with Gasteiger partial charge < -0.3 is 9.64 Å². The van der Waals surface area contributed by atoms with Crippen LogP contribution in [0.4, 0.5) is 5.82 Å². The van der Waals surface area contributed by atoms with Crippen molar-refractivity contribution in [3.63, 3.8) is 0 Å². The topological polar surface area (TPSA) is 38.2 Å². The van der Waals surface area contributed by atoms with E-state index < -0.39 is 0 Å². The quantitative estimate of drug-likeness (QED) is 0.791. The number of halogens is 1. The van der Waals surface area contributed by atoms with Gasteiger partial charge in [0.15, 0.2) is 0 Å². The van der Waals surface area contributed by atoms with Crippen molar-refractivity contribution in [2.45, 2.75) is 38.7 Å². The van der Waals surface area contributed by atoms with E-state index in [4.69, 9.17) is 16.3 Å². The maximum Gasteiger partial charge on any atom is 0.137 e. The molecule has 1 unspecified atom stereocenters. The van der Waals surface area contributed by atoms with Crippen LogP contribution in [0.25, 0.3) is 0 Å². The lowest BCUT2D eigenvalue weighted by atomic mass is 9.94. The predicted molar refractivity (Wildman–Crippen MR) is 73.3 cm³/mol. The zero-order chi connectivity index (χ0) is 13.2. The summed E-state index contributed by atoms with van der Waals surface area (Å²) in [5.74, 6) is 0.959. The molecule has 0 N–H and O–H groups in total. The van der Waals surface area contributed by atoms with E-state index in [1.54, 1.807) is 7.11 Å². The van der Waals surface area contributed by atoms with Crippen molar-refractivity contribution in [2.24, 2.45) is 0 Å². The second kappa shape index (κ2) is 5.41. The highest BCUT2D eigenvalue weighted by Gasteiger charge is 2.32. The molecular formula is C13H20ClN3O. The van der Waals surface area contributed by atoms with Gasteiger partial charge in [0.2, 0.25) is 0 Å². The fraction of sp³-hybridized carbons (Fsp3) is 0.692. The van der Waals surface area contributed by atoms with Crippen LogP contribution in [0.2, 0.25) is 5.15 Å². The lowest BCUT2D eigenvalue weighted by molar-refractivity contribution is -0.00485. The maximum atomic E-state index is 6.14. The standard InChI is InChI=1S/C13H20ClN3O/c1-4-10-11(14)15-9-16-12(10)17-7-5-6-13(2,8-17)18-3/h9H,4-8H2,1-3H3. The lowest BCUT2D eigenvalue weighted by Crippen LogP contribution is -2.48. The van der Waals surface area contributed by atoms with Crippen LogP contribution in [-0.2, 0) is 11.2 Å². The van der Waals surface area contributed by atoms with Crippen molar-refractivity contribution in [2.75, 3.05) is 25.1 Å². The molecule has 1 aromatic rings. The molecule has 1 aliphatic rings. The fourth-order valence-corrected chi connectivity index (χ4v) is 2.77. The highest BCUT2D eigenvalue weighted by atomic mass is 35.5. The summed E-state index contributed by atoms with van der Waals surface area (Å²) in [4.78, 5) is 10.7. The summed E-state index contributed by atoms with van der Waals surface area (Å²) in [5.41, 5.74) is 0.931. The second-order valence-corrected chi connectivity index (χ2v) is 5.36. The Morgan fingerprint density at radius 1 is 1.50 bits per heavy atom. The Hall–Kier alpha value is -0.870. The van der Waals surface area contributed by atoms with Gasteiger partial charge in [-0.1, -0.05) is 18.5 Å². The third kappa shape index (κ3) is 2.59. The van der Waals surface area contributed by atoms with Crippen LogP contribution in [0, 0.1) is 0 Å². The Kier molecular flexibility index (Phi) is 4.07. The summed E-state index contributed by atoms with van der Waals surface area (Å²) >= 11 is 6.14. The molecule has 5 heteroatoms. The molecule has 0 spiro atoms. The number of hydrogen-bond acceptors (Lipinski definition) is 4. The molecule has 1 aliphatic heterocycles. The monoisotopic (exact) mass is 269 g/mol. The van der Waals surface area contributed by atoms with Crippen LogP contribution >= 0.6 is 11.6 Å². The molecule has 1 aromatic heterocycles. The number of anilines is 1. The molecule has 100 valence electrons. The molecule has 0 aromatic carbocycles. The Morgan fingerprint density at radius 2 is 2.28 bits per heavy atom. The van der Waals surface area contributed by atoms with Gasteiger partial charge in [0.1, 0.15) is 17.3 Å². The van der Waals surface area contributed by atoms with Gasteiger partial charge >= 0.3 is 0 Å². The first kappa shape index (κ1) is 13.6. The lowest BCUT2D eigenvalue weighted by Gasteiger charge is -2.40. The van der Waals surface area contributed by atoms with Crippen molar-refractivity contribution in [3.05, 3.63) is 17.0 Å². The summed E-state index contributed by atoms with van der Waals surface area (Å²) in [7, 11) is 1.77. The fourth-order valence-electron chi connectivity index (χ4n) is 2.51. The van der Waals surface area contributed by atoms with Gasteiger partial charge in [-0.25, -0.2) is 9.97 Å². The SMILES string of the molecule is CCc1c(Cl)ncnc1N1CCCC(C)(OC)C1. The third-order valence-electron chi connectivity index (χ3n) is 3.67. The van der Waals surface area contributed by atoms with Crippen LogP contribution in [0.3, 0.4) is 0 Å². The average molecular weight is 270 g/mol. The molecule has 0 aliphatic carbocycles. The van der Waals surface area contributed by atoms with Crippen LogP contribution in [-0.4, -0.2) is 35.8 Å². The van der Waals surface area contributed by atoms with Crippen molar-refractivity contribution in [1.82, 2.24) is 9.97 Å². The Labute approximate surface area is 113 Å². The van der Waals surface area contributed by atoms with Crippen LogP contribution in [0.1, 0.15) is 32.3 Å². The third-order valence-corrected chi connectivity index (χ3v) is 4.00. The molecule has 2 rings (SSSR count). The van der Waals surface area contributed by atoms with E-state index in [0.29, 0.717) is 5.15 Å². The van der Waals surface area contributed by atoms with Gasteiger partial charge in [0, 0.05) is 25.8 Å². The molecule has 0 amide bonds. The second-order valence-electron chi connectivity index (χ2n) is 5.00. The summed E-state index contributed by atoms with van der Waals surface area (Å²) in [6.07, 6.45) is 4.57. The Morgan fingerprint density at radius 3 is 2.94 bits per heavy atom. The molecule has 0 saturated carbocycles. The number of ether oxygens (including phenoxy) is 1. The molecule has 1 saturated heterocycles. The molecule has 1 fully saturated rings. The van der Waals surface area contributed by atoms with Gasteiger partial charge in [0.05, 0.1) is 5.60 Å². The number of aromatic nitrogens is 2. The molecule has 1 atom stereocenters. The van der Waals surface area contributed by atoms with Crippen LogP contribution in [0.5, 0.6) is 0 Å². The van der Waals surface area contributed by atoms with Gasteiger partial charge in [0.25, 0.3) is 0 Å². The van der Waals surface area contributed by atoms with E-state index in [-0.39, 0.29) is 5.60 Å². The maximum absolute atomic E-state index is 6.14. The minimum atomic E-state index is -0.0965. The average Bonchev–Trinajstić information content (AvgIpc) is 2.38. The van der Waals surface area contributed by atoms with Gasteiger partial charge in [-0.3, -0.25) is 0 Å². The van der Waals surface area contributed by atoms with E-state index in [2.05, 4.69) is 28.7 Å². The Balaban J connectivity index is 2.29.